The summed E-state index contributed by atoms with van der Waals surface area (Å²) in [7, 11) is -3.51. The molecule has 114 valence electrons. The fourth-order valence-electron chi connectivity index (χ4n) is 1.74. The van der Waals surface area contributed by atoms with Gasteiger partial charge in [-0.15, -0.1) is 11.3 Å². The molecule has 0 bridgehead atoms. The molecule has 0 aromatic carbocycles. The molecule has 1 aromatic heterocycles. The Bertz CT molecular complexity index is 550. The van der Waals surface area contributed by atoms with Gasteiger partial charge in [-0.1, -0.05) is 27.2 Å². The van der Waals surface area contributed by atoms with E-state index in [4.69, 9.17) is 5.11 Å². The summed E-state index contributed by atoms with van der Waals surface area (Å²) in [5.74, 6) is -0.661. The van der Waals surface area contributed by atoms with E-state index in [2.05, 4.69) is 0 Å². The van der Waals surface area contributed by atoms with Crippen molar-refractivity contribution in [2.45, 2.75) is 37.8 Å². The summed E-state index contributed by atoms with van der Waals surface area (Å²) in [4.78, 5) is 11.2. The molecule has 5 nitrogen and oxygen atoms in total. The van der Waals surface area contributed by atoms with Gasteiger partial charge in [0.15, 0.2) is 0 Å². The zero-order chi connectivity index (χ0) is 15.3. The van der Waals surface area contributed by atoms with Gasteiger partial charge in [-0.25, -0.2) is 8.42 Å². The lowest BCUT2D eigenvalue weighted by Crippen LogP contribution is -2.34. The van der Waals surface area contributed by atoms with Gasteiger partial charge in [0.25, 0.3) is 10.0 Å². The maximum absolute atomic E-state index is 12.5. The lowest BCUT2D eigenvalue weighted by Gasteiger charge is -2.22. The maximum Gasteiger partial charge on any atom is 0.308 e. The lowest BCUT2D eigenvalue weighted by atomic mass is 10.1. The van der Waals surface area contributed by atoms with Gasteiger partial charge < -0.3 is 5.11 Å². The van der Waals surface area contributed by atoms with Gasteiger partial charge >= 0.3 is 5.97 Å². The highest BCUT2D eigenvalue weighted by Crippen LogP contribution is 2.26. The molecule has 1 unspecified atom stereocenters. The van der Waals surface area contributed by atoms with Crippen LogP contribution in [0.2, 0.25) is 0 Å². The Balaban J connectivity index is 2.95. The number of hydrogen-bond donors (Lipinski definition) is 1. The van der Waals surface area contributed by atoms with Crippen LogP contribution in [0, 0.1) is 5.92 Å². The Labute approximate surface area is 124 Å². The smallest absolute Gasteiger partial charge is 0.308 e. The van der Waals surface area contributed by atoms with Crippen LogP contribution in [0.1, 0.15) is 32.1 Å². The lowest BCUT2D eigenvalue weighted by molar-refractivity contribution is -0.136. The third-order valence-electron chi connectivity index (χ3n) is 3.12. The number of hydrogen-bond acceptors (Lipinski definition) is 4. The molecule has 0 aliphatic rings. The highest BCUT2D eigenvalue weighted by atomic mass is 32.2. The monoisotopic (exact) mass is 319 g/mol. The zero-order valence-electron chi connectivity index (χ0n) is 12.0. The average molecular weight is 319 g/mol. The van der Waals surface area contributed by atoms with Gasteiger partial charge in [0.2, 0.25) is 0 Å². The van der Waals surface area contributed by atoms with Gasteiger partial charge in [0, 0.05) is 18.0 Å². The zero-order valence-corrected chi connectivity index (χ0v) is 13.6. The summed E-state index contributed by atoms with van der Waals surface area (Å²) in [6, 6.07) is 3.07. The first-order valence-electron chi connectivity index (χ1n) is 6.61. The van der Waals surface area contributed by atoms with E-state index in [-0.39, 0.29) is 10.6 Å². The molecule has 0 fully saturated rings. The van der Waals surface area contributed by atoms with Crippen molar-refractivity contribution in [3.05, 3.63) is 17.0 Å². The Morgan fingerprint density at radius 2 is 2.05 bits per heavy atom. The van der Waals surface area contributed by atoms with Gasteiger partial charge in [-0.2, -0.15) is 4.31 Å². The molecule has 7 heteroatoms. The Kier molecular flexibility index (Phi) is 6.16. The second-order valence-electron chi connectivity index (χ2n) is 4.76. The molecule has 0 radical (unpaired) electrons. The van der Waals surface area contributed by atoms with E-state index in [0.717, 1.165) is 17.8 Å². The van der Waals surface area contributed by atoms with Gasteiger partial charge in [-0.05, 0) is 18.1 Å². The second kappa shape index (κ2) is 7.19. The summed E-state index contributed by atoms with van der Waals surface area (Å²) in [5, 5.41) is 8.73. The predicted octanol–water partition coefficient (Wildman–Crippen LogP) is 2.43. The Hall–Kier alpha value is -0.920. The van der Waals surface area contributed by atoms with Crippen molar-refractivity contribution in [3.63, 3.8) is 0 Å². The number of rotatable bonds is 8. The van der Waals surface area contributed by atoms with Crippen LogP contribution in [-0.4, -0.2) is 36.9 Å². The van der Waals surface area contributed by atoms with Crippen LogP contribution in [0.15, 0.2) is 16.3 Å². The molecule has 20 heavy (non-hydrogen) atoms. The number of aliphatic carboxylic acids is 1. The molecular formula is C13H21NO4S2. The van der Waals surface area contributed by atoms with Crippen molar-refractivity contribution in [1.29, 1.82) is 0 Å². The second-order valence-corrected chi connectivity index (χ2v) is 8.09. The molecule has 0 spiro atoms. The Morgan fingerprint density at radius 3 is 2.55 bits per heavy atom. The quantitative estimate of drug-likeness (QED) is 0.798. The molecule has 1 heterocycles. The van der Waals surface area contributed by atoms with Crippen LogP contribution < -0.4 is 0 Å². The predicted molar refractivity (Wildman–Crippen MR) is 79.5 cm³/mol. The van der Waals surface area contributed by atoms with Crippen molar-refractivity contribution in [1.82, 2.24) is 4.31 Å². The molecular weight excluding hydrogens is 298 g/mol. The molecule has 0 aliphatic carbocycles. The van der Waals surface area contributed by atoms with E-state index >= 15 is 0 Å². The van der Waals surface area contributed by atoms with Gasteiger partial charge in [0.05, 0.1) is 6.42 Å². The summed E-state index contributed by atoms with van der Waals surface area (Å²) in [5.41, 5.74) is 0. The number of carboxylic acids is 1. The van der Waals surface area contributed by atoms with Crippen LogP contribution in [0.25, 0.3) is 0 Å². The normalized spacial score (nSPS) is 13.6. The van der Waals surface area contributed by atoms with Crippen LogP contribution in [0.5, 0.6) is 0 Å². The fraction of sp³-hybridized carbons (Fsp3) is 0.615. The van der Waals surface area contributed by atoms with Crippen LogP contribution in [0.4, 0.5) is 0 Å². The Morgan fingerprint density at radius 1 is 1.40 bits per heavy atom. The van der Waals surface area contributed by atoms with E-state index in [1.807, 2.05) is 20.8 Å². The summed E-state index contributed by atoms with van der Waals surface area (Å²) in [6.45, 7) is 6.76. The largest absolute Gasteiger partial charge is 0.481 e. The van der Waals surface area contributed by atoms with Gasteiger partial charge in [-0.3, -0.25) is 4.79 Å². The van der Waals surface area contributed by atoms with Crippen LogP contribution >= 0.6 is 11.3 Å². The molecule has 1 rings (SSSR count). The van der Waals surface area contributed by atoms with E-state index in [1.165, 1.54) is 10.4 Å². The minimum atomic E-state index is -3.51. The minimum Gasteiger partial charge on any atom is -0.481 e. The highest BCUT2D eigenvalue weighted by molar-refractivity contribution is 7.91. The third kappa shape index (κ3) is 4.29. The molecule has 0 saturated heterocycles. The third-order valence-corrected chi connectivity index (χ3v) is 6.61. The number of thiophene rings is 1. The van der Waals surface area contributed by atoms with E-state index in [0.29, 0.717) is 23.9 Å². The summed E-state index contributed by atoms with van der Waals surface area (Å²) >= 11 is 1.04. The van der Waals surface area contributed by atoms with Crippen LogP contribution in [0.3, 0.4) is 0 Å². The minimum absolute atomic E-state index is 0.141. The first-order valence-corrected chi connectivity index (χ1v) is 8.87. The molecule has 1 N–H and O–H groups in total. The molecule has 1 aromatic rings. The number of carbonyl (C=O) groups is 1. The van der Waals surface area contributed by atoms with E-state index < -0.39 is 16.0 Å². The SMILES string of the molecule is CCC(C)CN(CC)S(=O)(=O)c1ccc(CC(=O)O)s1. The number of sulfonamides is 1. The molecule has 0 amide bonds. The highest BCUT2D eigenvalue weighted by Gasteiger charge is 2.26. The fourth-order valence-corrected chi connectivity index (χ4v) is 4.81. The molecule has 1 atom stereocenters. The van der Waals surface area contributed by atoms with Crippen molar-refractivity contribution in [2.75, 3.05) is 13.1 Å². The van der Waals surface area contributed by atoms with Crippen molar-refractivity contribution in [3.8, 4) is 0 Å². The van der Waals surface area contributed by atoms with Crippen LogP contribution in [-0.2, 0) is 21.2 Å². The molecule has 0 aliphatic heterocycles. The van der Waals surface area contributed by atoms with Crippen molar-refractivity contribution < 1.29 is 18.3 Å². The van der Waals surface area contributed by atoms with Gasteiger partial charge in [0.1, 0.15) is 4.21 Å². The summed E-state index contributed by atoms with van der Waals surface area (Å²) < 4.78 is 26.7. The van der Waals surface area contributed by atoms with E-state index in [1.54, 1.807) is 6.07 Å². The number of carboxylic acid groups (broad SMARTS) is 1. The van der Waals surface area contributed by atoms with Crippen molar-refractivity contribution >= 4 is 27.3 Å². The first kappa shape index (κ1) is 17.1. The maximum atomic E-state index is 12.5. The molecule has 0 saturated carbocycles. The topological polar surface area (TPSA) is 74.7 Å². The average Bonchev–Trinajstić information content (AvgIpc) is 2.83. The van der Waals surface area contributed by atoms with Crippen molar-refractivity contribution in [2.24, 2.45) is 5.92 Å². The first-order chi connectivity index (χ1) is 9.31. The van der Waals surface area contributed by atoms with E-state index in [9.17, 15) is 13.2 Å². The standard InChI is InChI=1S/C13H21NO4S2/c1-4-10(3)9-14(5-2)20(17,18)13-7-6-11(19-13)8-12(15)16/h6-7,10H,4-5,8-9H2,1-3H3,(H,15,16). The summed E-state index contributed by atoms with van der Waals surface area (Å²) in [6.07, 6.45) is 0.776. The number of nitrogens with zero attached hydrogens (tertiary/aromatic N) is 1.